The summed E-state index contributed by atoms with van der Waals surface area (Å²) in [6, 6.07) is 3.94. The van der Waals surface area contributed by atoms with Crippen LogP contribution in [-0.4, -0.2) is 18.1 Å². The highest BCUT2D eigenvalue weighted by Gasteiger charge is 2.13. The first-order chi connectivity index (χ1) is 8.81. The van der Waals surface area contributed by atoms with Crippen LogP contribution in [0, 0.1) is 17.7 Å². The number of carbonyl (C=O) groups is 1. The monoisotopic (exact) mass is 263 g/mol. The Labute approximate surface area is 112 Å². The minimum Gasteiger partial charge on any atom is -0.333 e. The minimum absolute atomic E-state index is 0.174. The second kappa shape index (κ2) is 6.21. The molecular weight excluding hydrogens is 245 g/mol. The zero-order valence-electron chi connectivity index (χ0n) is 11.3. The van der Waals surface area contributed by atoms with Crippen LogP contribution >= 0.6 is 0 Å². The molecule has 0 saturated heterocycles. The normalized spacial score (nSPS) is 10.4. The van der Waals surface area contributed by atoms with Crippen molar-refractivity contribution in [3.63, 3.8) is 0 Å². The van der Waals surface area contributed by atoms with Gasteiger partial charge in [0.25, 0.3) is 0 Å². The van der Waals surface area contributed by atoms with E-state index in [0.717, 1.165) is 0 Å². The van der Waals surface area contributed by atoms with Gasteiger partial charge < -0.3 is 16.4 Å². The van der Waals surface area contributed by atoms with Crippen molar-refractivity contribution < 1.29 is 9.18 Å². The maximum Gasteiger partial charge on any atom is 0.319 e. The molecule has 4 N–H and O–H groups in total. The van der Waals surface area contributed by atoms with Gasteiger partial charge in [-0.25, -0.2) is 9.18 Å². The molecule has 0 unspecified atom stereocenters. The number of halogens is 1. The largest absolute Gasteiger partial charge is 0.333 e. The smallest absolute Gasteiger partial charge is 0.319 e. The maximum absolute atomic E-state index is 13.6. The zero-order valence-corrected chi connectivity index (χ0v) is 11.3. The van der Waals surface area contributed by atoms with Crippen LogP contribution in [-0.2, 0) is 0 Å². The van der Waals surface area contributed by atoms with E-state index >= 15 is 0 Å². The Kier molecular flexibility index (Phi) is 4.90. The molecule has 0 heterocycles. The lowest BCUT2D eigenvalue weighted by molar-refractivity contribution is 0.244. The lowest BCUT2D eigenvalue weighted by atomic mass is 10.1. The van der Waals surface area contributed by atoms with Gasteiger partial charge in [0.1, 0.15) is 5.82 Å². The van der Waals surface area contributed by atoms with E-state index in [0.29, 0.717) is 5.69 Å². The minimum atomic E-state index is -0.491. The van der Waals surface area contributed by atoms with Gasteiger partial charge >= 0.3 is 6.03 Å². The molecule has 1 aromatic rings. The quantitative estimate of drug-likeness (QED) is 0.679. The summed E-state index contributed by atoms with van der Waals surface area (Å²) in [5.41, 5.74) is 5.50. The first kappa shape index (κ1) is 15.0. The van der Waals surface area contributed by atoms with Gasteiger partial charge in [-0.15, -0.1) is 0 Å². The van der Waals surface area contributed by atoms with E-state index in [-0.39, 0.29) is 23.7 Å². The fourth-order valence-electron chi connectivity index (χ4n) is 1.34. The van der Waals surface area contributed by atoms with Gasteiger partial charge in [0.2, 0.25) is 0 Å². The van der Waals surface area contributed by atoms with Crippen LogP contribution in [0.1, 0.15) is 26.3 Å². The molecule has 0 spiro atoms. The molecule has 0 bridgehead atoms. The molecule has 0 aliphatic carbocycles. The van der Waals surface area contributed by atoms with Gasteiger partial charge in [0, 0.05) is 11.2 Å². The molecule has 0 atom stereocenters. The van der Waals surface area contributed by atoms with E-state index in [1.165, 1.54) is 12.1 Å². The molecule has 5 heteroatoms. The molecule has 0 fully saturated rings. The summed E-state index contributed by atoms with van der Waals surface area (Å²) in [6.45, 7) is 5.75. The Bertz CT molecular complexity index is 524. The number of benzene rings is 1. The third kappa shape index (κ3) is 5.40. The van der Waals surface area contributed by atoms with Crippen LogP contribution in [0.4, 0.5) is 14.9 Å². The number of hydrogen-bond acceptors (Lipinski definition) is 2. The summed E-state index contributed by atoms with van der Waals surface area (Å²) < 4.78 is 13.6. The Balaban J connectivity index is 2.76. The van der Waals surface area contributed by atoms with Crippen LogP contribution in [0.3, 0.4) is 0 Å². The summed E-state index contributed by atoms with van der Waals surface area (Å²) in [6.07, 6.45) is 0. The van der Waals surface area contributed by atoms with Gasteiger partial charge in [-0.2, -0.15) is 0 Å². The molecule has 2 amide bonds. The second-order valence-electron chi connectivity index (χ2n) is 5.03. The van der Waals surface area contributed by atoms with Crippen molar-refractivity contribution in [3.8, 4) is 11.8 Å². The number of nitrogens with two attached hydrogens (primary N) is 1. The molecule has 0 aliphatic heterocycles. The highest BCUT2D eigenvalue weighted by Crippen LogP contribution is 2.14. The maximum atomic E-state index is 13.6. The molecule has 0 aromatic heterocycles. The van der Waals surface area contributed by atoms with Crippen molar-refractivity contribution in [2.24, 2.45) is 5.73 Å². The molecule has 0 aliphatic rings. The number of nitrogens with one attached hydrogen (secondary N) is 2. The fourth-order valence-corrected chi connectivity index (χ4v) is 1.34. The first-order valence-electron chi connectivity index (χ1n) is 5.89. The first-order valence-corrected chi connectivity index (χ1v) is 5.89. The number of anilines is 1. The number of carbonyl (C=O) groups excluding carboxylic acids is 1. The van der Waals surface area contributed by atoms with E-state index in [4.69, 9.17) is 5.73 Å². The highest BCUT2D eigenvalue weighted by molar-refractivity contribution is 5.89. The molecule has 0 saturated carbocycles. The van der Waals surface area contributed by atoms with E-state index in [1.54, 1.807) is 6.07 Å². The third-order valence-electron chi connectivity index (χ3n) is 2.04. The second-order valence-corrected chi connectivity index (χ2v) is 5.03. The zero-order chi connectivity index (χ0) is 14.5. The van der Waals surface area contributed by atoms with Crippen LogP contribution in [0.2, 0.25) is 0 Å². The van der Waals surface area contributed by atoms with Gasteiger partial charge in [0.05, 0.1) is 12.1 Å². The van der Waals surface area contributed by atoms with E-state index in [9.17, 15) is 9.18 Å². The van der Waals surface area contributed by atoms with Crippen molar-refractivity contribution in [1.82, 2.24) is 5.32 Å². The van der Waals surface area contributed by atoms with Crippen LogP contribution in [0.25, 0.3) is 0 Å². The fraction of sp³-hybridized carbons (Fsp3) is 0.357. The molecule has 19 heavy (non-hydrogen) atoms. The number of amides is 2. The molecule has 4 nitrogen and oxygen atoms in total. The molecule has 1 aromatic carbocycles. The lowest BCUT2D eigenvalue weighted by Gasteiger charge is -2.20. The van der Waals surface area contributed by atoms with Crippen molar-refractivity contribution in [2.45, 2.75) is 26.3 Å². The van der Waals surface area contributed by atoms with Crippen molar-refractivity contribution in [2.75, 3.05) is 11.9 Å². The van der Waals surface area contributed by atoms with Crippen molar-refractivity contribution in [1.29, 1.82) is 0 Å². The van der Waals surface area contributed by atoms with Crippen LogP contribution in [0.15, 0.2) is 18.2 Å². The topological polar surface area (TPSA) is 67.2 Å². The summed E-state index contributed by atoms with van der Waals surface area (Å²) in [7, 11) is 0. The Morgan fingerprint density at radius 2 is 2.11 bits per heavy atom. The van der Waals surface area contributed by atoms with E-state index < -0.39 is 5.82 Å². The SMILES string of the molecule is CC(C)(C)NC(=O)Nc1ccc(C#CCN)c(F)c1. The molecular formula is C14H18FN3O. The average molecular weight is 263 g/mol. The van der Waals surface area contributed by atoms with Gasteiger partial charge in [0.15, 0.2) is 0 Å². The molecule has 1 rings (SSSR count). The predicted molar refractivity (Wildman–Crippen MR) is 74.2 cm³/mol. The standard InChI is InChI=1S/C14H18FN3O/c1-14(2,3)18-13(19)17-11-7-6-10(5-4-8-16)12(15)9-11/h6-7,9H,8,16H2,1-3H3,(H2,17,18,19). The lowest BCUT2D eigenvalue weighted by Crippen LogP contribution is -2.43. The van der Waals surface area contributed by atoms with Gasteiger partial charge in [-0.05, 0) is 39.0 Å². The highest BCUT2D eigenvalue weighted by atomic mass is 19.1. The van der Waals surface area contributed by atoms with Crippen LogP contribution < -0.4 is 16.4 Å². The number of hydrogen-bond donors (Lipinski definition) is 3. The molecule has 102 valence electrons. The van der Waals surface area contributed by atoms with E-state index in [1.807, 2.05) is 20.8 Å². The average Bonchev–Trinajstić information content (AvgIpc) is 2.25. The third-order valence-corrected chi connectivity index (χ3v) is 2.04. The van der Waals surface area contributed by atoms with E-state index in [2.05, 4.69) is 22.5 Å². The Morgan fingerprint density at radius 3 is 2.63 bits per heavy atom. The predicted octanol–water partition coefficient (Wildman–Crippen LogP) is 2.06. The number of urea groups is 1. The summed E-state index contributed by atoms with van der Waals surface area (Å²) in [4.78, 5) is 11.6. The number of rotatable bonds is 1. The summed E-state index contributed by atoms with van der Waals surface area (Å²) in [5, 5.41) is 5.28. The summed E-state index contributed by atoms with van der Waals surface area (Å²) in [5.74, 6) is 4.70. The van der Waals surface area contributed by atoms with Gasteiger partial charge in [-0.1, -0.05) is 11.8 Å². The Hall–Kier alpha value is -2.06. The van der Waals surface area contributed by atoms with Crippen molar-refractivity contribution >= 4 is 11.7 Å². The van der Waals surface area contributed by atoms with Gasteiger partial charge in [-0.3, -0.25) is 0 Å². The van der Waals surface area contributed by atoms with Crippen molar-refractivity contribution in [3.05, 3.63) is 29.6 Å². The Morgan fingerprint density at radius 1 is 1.42 bits per heavy atom. The van der Waals surface area contributed by atoms with Crippen LogP contribution in [0.5, 0.6) is 0 Å². The summed E-state index contributed by atoms with van der Waals surface area (Å²) >= 11 is 0. The molecule has 0 radical (unpaired) electrons.